The number of hydrogen-bond acceptors (Lipinski definition) is 6. The maximum atomic E-state index is 13.6. The van der Waals surface area contributed by atoms with Crippen molar-refractivity contribution in [1.29, 1.82) is 0 Å². The summed E-state index contributed by atoms with van der Waals surface area (Å²) in [7, 11) is -8.01. The van der Waals surface area contributed by atoms with Crippen molar-refractivity contribution < 1.29 is 26.4 Å². The molecule has 5 fully saturated rings. The smallest absolute Gasteiger partial charge is 0.222 e. The molecule has 2 N–H and O–H groups in total. The molecule has 10 heteroatoms. The molecule has 5 aliphatic carbocycles. The normalized spacial score (nSPS) is 45.5. The van der Waals surface area contributed by atoms with E-state index in [0.717, 1.165) is 12.8 Å². The zero-order valence-corrected chi connectivity index (χ0v) is 24.0. The van der Waals surface area contributed by atoms with Gasteiger partial charge < -0.3 is 0 Å². The number of sulfonamides is 2. The summed E-state index contributed by atoms with van der Waals surface area (Å²) in [5.74, 6) is -0.929. The lowest BCUT2D eigenvalue weighted by Gasteiger charge is -2.35. The summed E-state index contributed by atoms with van der Waals surface area (Å²) in [4.78, 5) is 26.6. The number of fused-ring (bicyclic) bond motifs is 4. The Kier molecular flexibility index (Phi) is 5.84. The molecular weight excluding hydrogens is 500 g/mol. The predicted octanol–water partition coefficient (Wildman–Crippen LogP) is 2.92. The van der Waals surface area contributed by atoms with Crippen LogP contribution in [0, 0.1) is 33.5 Å². The van der Waals surface area contributed by atoms with E-state index in [1.165, 1.54) is 0 Å². The minimum atomic E-state index is -4.01. The number of carbonyl (C=O) groups excluding carboxylic acids is 2. The molecular formula is C26H42N2O6S2. The molecule has 36 heavy (non-hydrogen) atoms. The lowest BCUT2D eigenvalue weighted by molar-refractivity contribution is -0.128. The van der Waals surface area contributed by atoms with Crippen LogP contribution in [0.15, 0.2) is 0 Å². The summed E-state index contributed by atoms with van der Waals surface area (Å²) in [5.41, 5.74) is -2.12. The molecule has 5 saturated carbocycles. The van der Waals surface area contributed by atoms with Gasteiger partial charge in [0.15, 0.2) is 11.6 Å². The number of rotatable bonds is 6. The van der Waals surface area contributed by atoms with Crippen LogP contribution in [0.25, 0.3) is 0 Å². The SMILES string of the molecule is CC12CCC(C(S(=O)(=O)NC3CCCCC3NS(=O)(=O)C3C(=O)C4(C)CCC3C4(C)C)C1=O)C2(C)C. The second-order valence-corrected chi connectivity index (χ2v) is 17.5. The molecule has 0 saturated heterocycles. The first-order valence-electron chi connectivity index (χ1n) is 13.5. The van der Waals surface area contributed by atoms with Crippen molar-refractivity contribution in [3.63, 3.8) is 0 Å². The van der Waals surface area contributed by atoms with Crippen LogP contribution in [0.5, 0.6) is 0 Å². The molecule has 8 unspecified atom stereocenters. The lowest BCUT2D eigenvalue weighted by atomic mass is 9.70. The van der Waals surface area contributed by atoms with Crippen LogP contribution in [0.3, 0.4) is 0 Å². The van der Waals surface area contributed by atoms with Gasteiger partial charge in [-0.15, -0.1) is 0 Å². The van der Waals surface area contributed by atoms with Crippen molar-refractivity contribution in [2.45, 2.75) is 115 Å². The van der Waals surface area contributed by atoms with Crippen LogP contribution in [0.2, 0.25) is 0 Å². The molecule has 8 atom stereocenters. The number of nitrogens with one attached hydrogen (secondary N) is 2. The molecule has 0 aliphatic heterocycles. The number of ketones is 2. The van der Waals surface area contributed by atoms with Gasteiger partial charge in [-0.05, 0) is 61.2 Å². The number of hydrogen-bond donors (Lipinski definition) is 2. The fraction of sp³-hybridized carbons (Fsp3) is 0.923. The van der Waals surface area contributed by atoms with E-state index in [0.29, 0.717) is 38.5 Å². The third-order valence-corrected chi connectivity index (χ3v) is 15.7. The number of Topliss-reactive ketones (excluding diaryl/α,β-unsaturated/α-hetero) is 2. The fourth-order valence-corrected chi connectivity index (χ4v) is 13.3. The summed E-state index contributed by atoms with van der Waals surface area (Å²) in [5, 5.41) is -2.20. The summed E-state index contributed by atoms with van der Waals surface area (Å²) in [6, 6.07) is -1.28. The van der Waals surface area contributed by atoms with Gasteiger partial charge in [0.1, 0.15) is 10.5 Å². The van der Waals surface area contributed by atoms with Crippen LogP contribution in [-0.2, 0) is 29.6 Å². The predicted molar refractivity (Wildman–Crippen MR) is 137 cm³/mol. The Balaban J connectivity index is 1.37. The van der Waals surface area contributed by atoms with Gasteiger partial charge >= 0.3 is 0 Å². The summed E-state index contributed by atoms with van der Waals surface area (Å²) >= 11 is 0. The molecule has 0 aromatic carbocycles. The Morgan fingerprint density at radius 1 is 0.611 bits per heavy atom. The van der Waals surface area contributed by atoms with E-state index in [4.69, 9.17) is 0 Å². The average molecular weight is 543 g/mol. The molecule has 204 valence electrons. The van der Waals surface area contributed by atoms with Gasteiger partial charge in [-0.2, -0.15) is 0 Å². The molecule has 0 spiro atoms. The van der Waals surface area contributed by atoms with Gasteiger partial charge in [0.25, 0.3) is 0 Å². The highest BCUT2D eigenvalue weighted by atomic mass is 32.2. The van der Waals surface area contributed by atoms with Crippen molar-refractivity contribution in [2.24, 2.45) is 33.5 Å². The Morgan fingerprint density at radius 3 is 1.22 bits per heavy atom. The van der Waals surface area contributed by atoms with Crippen molar-refractivity contribution in [3.05, 3.63) is 0 Å². The van der Waals surface area contributed by atoms with Gasteiger partial charge in [-0.25, -0.2) is 26.3 Å². The molecule has 5 aliphatic rings. The minimum absolute atomic E-state index is 0.216. The topological polar surface area (TPSA) is 126 Å². The number of carbonyl (C=O) groups is 2. The minimum Gasteiger partial charge on any atom is -0.298 e. The second-order valence-electron chi connectivity index (χ2n) is 13.8. The van der Waals surface area contributed by atoms with E-state index >= 15 is 0 Å². The molecule has 0 aromatic rings. The largest absolute Gasteiger partial charge is 0.298 e. The average Bonchev–Trinajstić information content (AvgIpc) is 3.25. The van der Waals surface area contributed by atoms with Crippen LogP contribution >= 0.6 is 0 Å². The van der Waals surface area contributed by atoms with E-state index in [1.54, 1.807) is 0 Å². The van der Waals surface area contributed by atoms with E-state index in [1.807, 2.05) is 41.5 Å². The van der Waals surface area contributed by atoms with Crippen LogP contribution in [0.1, 0.15) is 92.9 Å². The zero-order chi connectivity index (χ0) is 26.7. The van der Waals surface area contributed by atoms with Gasteiger partial charge in [-0.1, -0.05) is 54.4 Å². The first-order chi connectivity index (χ1) is 16.4. The molecule has 5 rings (SSSR count). The quantitative estimate of drug-likeness (QED) is 0.531. The van der Waals surface area contributed by atoms with E-state index < -0.39 is 64.3 Å². The first-order valence-corrected chi connectivity index (χ1v) is 16.6. The summed E-state index contributed by atoms with van der Waals surface area (Å²) < 4.78 is 60.0. The highest BCUT2D eigenvalue weighted by Crippen LogP contribution is 2.66. The van der Waals surface area contributed by atoms with E-state index in [2.05, 4.69) is 9.44 Å². The van der Waals surface area contributed by atoms with Crippen molar-refractivity contribution in [1.82, 2.24) is 9.44 Å². The van der Waals surface area contributed by atoms with E-state index in [-0.39, 0.29) is 23.4 Å². The molecule has 0 radical (unpaired) electrons. The molecule has 0 aromatic heterocycles. The Morgan fingerprint density at radius 2 is 0.944 bits per heavy atom. The maximum Gasteiger partial charge on any atom is 0.222 e. The Labute approximate surface area is 216 Å². The monoisotopic (exact) mass is 542 g/mol. The van der Waals surface area contributed by atoms with Gasteiger partial charge in [0.05, 0.1) is 0 Å². The molecule has 0 amide bonds. The van der Waals surface area contributed by atoms with Crippen molar-refractivity contribution >= 4 is 31.6 Å². The lowest BCUT2D eigenvalue weighted by Crippen LogP contribution is -2.58. The highest BCUT2D eigenvalue weighted by Gasteiger charge is 2.70. The van der Waals surface area contributed by atoms with Crippen molar-refractivity contribution in [2.75, 3.05) is 0 Å². The molecule has 4 bridgehead atoms. The van der Waals surface area contributed by atoms with Crippen molar-refractivity contribution in [3.8, 4) is 0 Å². The van der Waals surface area contributed by atoms with Gasteiger partial charge in [-0.3, -0.25) is 9.59 Å². The van der Waals surface area contributed by atoms with Gasteiger partial charge in [0.2, 0.25) is 20.0 Å². The van der Waals surface area contributed by atoms with Gasteiger partial charge in [0, 0.05) is 22.9 Å². The molecule has 8 nitrogen and oxygen atoms in total. The third-order valence-electron chi connectivity index (χ3n) is 12.0. The fourth-order valence-electron chi connectivity index (χ4n) is 8.70. The standard InChI is InChI=1S/C26H42N2O6S2/c1-23(2)15-11-13-25(23,5)21(29)19(15)35(31,32)27-17-9-7-8-10-18(17)28-36(33,34)20-16-12-14-26(6,22(20)30)24(16,3)4/h15-20,27-28H,7-14H2,1-6H3. The zero-order valence-electron chi connectivity index (χ0n) is 22.4. The summed E-state index contributed by atoms with van der Waals surface area (Å²) in [6.07, 6.45) is 5.32. The second kappa shape index (κ2) is 7.85. The third kappa shape index (κ3) is 3.29. The van der Waals surface area contributed by atoms with Crippen LogP contribution < -0.4 is 9.44 Å². The Bertz CT molecular complexity index is 1110. The Hall–Kier alpha value is -0.840. The maximum absolute atomic E-state index is 13.6. The summed E-state index contributed by atoms with van der Waals surface area (Å²) in [6.45, 7) is 11.7. The highest BCUT2D eigenvalue weighted by molar-refractivity contribution is 7.91. The van der Waals surface area contributed by atoms with Crippen LogP contribution in [-0.4, -0.2) is 51.0 Å². The van der Waals surface area contributed by atoms with Crippen LogP contribution in [0.4, 0.5) is 0 Å². The first kappa shape index (κ1) is 26.8. The molecule has 0 heterocycles. The van der Waals surface area contributed by atoms with E-state index in [9.17, 15) is 26.4 Å².